The summed E-state index contributed by atoms with van der Waals surface area (Å²) < 4.78 is 11.5. The zero-order valence-electron chi connectivity index (χ0n) is 11.9. The Balaban J connectivity index is 2.37. The minimum atomic E-state index is -0.114. The summed E-state index contributed by atoms with van der Waals surface area (Å²) in [6.07, 6.45) is 1.13. The Bertz CT molecular complexity index is 434. The van der Waals surface area contributed by atoms with E-state index in [-0.39, 0.29) is 18.8 Å². The van der Waals surface area contributed by atoms with E-state index in [2.05, 4.69) is 18.3 Å². The summed E-state index contributed by atoms with van der Waals surface area (Å²) in [5.74, 6) is 1.77. The van der Waals surface area contributed by atoms with Gasteiger partial charge in [-0.05, 0) is 32.5 Å². The maximum atomic E-state index is 9.54. The van der Waals surface area contributed by atoms with Crippen LogP contribution in [-0.2, 0) is 6.42 Å². The molecule has 2 N–H and O–H groups in total. The molecule has 0 fully saturated rings. The third-order valence-electron chi connectivity index (χ3n) is 3.34. The van der Waals surface area contributed by atoms with Gasteiger partial charge in [0.2, 0.25) is 0 Å². The number of aliphatic hydroxyl groups is 1. The molecule has 0 amide bonds. The molecule has 4 heteroatoms. The lowest BCUT2D eigenvalue weighted by Gasteiger charge is -2.20. The highest BCUT2D eigenvalue weighted by Gasteiger charge is 2.24. The normalized spacial score (nSPS) is 18.8. The molecule has 1 aliphatic heterocycles. The quantitative estimate of drug-likeness (QED) is 0.826. The fraction of sp³-hybridized carbons (Fsp3) is 0.600. The Morgan fingerprint density at radius 1 is 1.47 bits per heavy atom. The van der Waals surface area contributed by atoms with Gasteiger partial charge in [0.25, 0.3) is 0 Å². The van der Waals surface area contributed by atoms with Crippen LogP contribution >= 0.6 is 0 Å². The first-order valence-corrected chi connectivity index (χ1v) is 7.00. The zero-order valence-corrected chi connectivity index (χ0v) is 11.9. The number of fused-ring (bicyclic) bond motifs is 1. The van der Waals surface area contributed by atoms with Crippen molar-refractivity contribution < 1.29 is 14.6 Å². The fourth-order valence-corrected chi connectivity index (χ4v) is 2.53. The SMILES string of the molecule is CCNC(CO)c1cc2c(cc1OCC)CC(C)O2. The first-order valence-electron chi connectivity index (χ1n) is 7.00. The van der Waals surface area contributed by atoms with Crippen LogP contribution in [0.1, 0.15) is 37.9 Å². The summed E-state index contributed by atoms with van der Waals surface area (Å²) in [7, 11) is 0. The molecule has 2 atom stereocenters. The number of aliphatic hydroxyl groups excluding tert-OH is 1. The maximum Gasteiger partial charge on any atom is 0.124 e. The Morgan fingerprint density at radius 3 is 2.89 bits per heavy atom. The van der Waals surface area contributed by atoms with E-state index < -0.39 is 0 Å². The summed E-state index contributed by atoms with van der Waals surface area (Å²) in [4.78, 5) is 0. The van der Waals surface area contributed by atoms with Gasteiger partial charge in [0.1, 0.15) is 17.6 Å². The number of benzene rings is 1. The standard InChI is InChI=1S/C15H23NO3/c1-4-16-13(9-17)12-8-14-11(6-10(3)19-14)7-15(12)18-5-2/h7-8,10,13,16-17H,4-6,9H2,1-3H3. The maximum absolute atomic E-state index is 9.54. The molecule has 1 heterocycles. The molecule has 4 nitrogen and oxygen atoms in total. The van der Waals surface area contributed by atoms with Crippen molar-refractivity contribution in [1.29, 1.82) is 0 Å². The second-order valence-electron chi connectivity index (χ2n) is 4.86. The summed E-state index contributed by atoms with van der Waals surface area (Å²) in [6, 6.07) is 3.95. The van der Waals surface area contributed by atoms with Gasteiger partial charge in [0.15, 0.2) is 0 Å². The zero-order chi connectivity index (χ0) is 13.8. The second-order valence-corrected chi connectivity index (χ2v) is 4.86. The van der Waals surface area contributed by atoms with Crippen molar-refractivity contribution in [2.45, 2.75) is 39.3 Å². The first kappa shape index (κ1) is 14.2. The van der Waals surface area contributed by atoms with Crippen molar-refractivity contribution in [3.05, 3.63) is 23.3 Å². The molecule has 19 heavy (non-hydrogen) atoms. The van der Waals surface area contributed by atoms with Crippen molar-refractivity contribution in [3.8, 4) is 11.5 Å². The molecule has 0 aromatic heterocycles. The molecule has 106 valence electrons. The van der Waals surface area contributed by atoms with Gasteiger partial charge in [0, 0.05) is 17.5 Å². The van der Waals surface area contributed by atoms with Crippen molar-refractivity contribution in [1.82, 2.24) is 5.32 Å². The Kier molecular flexibility index (Phi) is 4.66. The average molecular weight is 265 g/mol. The minimum absolute atomic E-state index is 0.0439. The van der Waals surface area contributed by atoms with Crippen molar-refractivity contribution in [2.24, 2.45) is 0 Å². The van der Waals surface area contributed by atoms with E-state index in [0.29, 0.717) is 6.61 Å². The molecule has 2 unspecified atom stereocenters. The van der Waals surface area contributed by atoms with E-state index in [4.69, 9.17) is 9.47 Å². The lowest BCUT2D eigenvalue weighted by molar-refractivity contribution is 0.238. The van der Waals surface area contributed by atoms with Crippen LogP contribution in [0.5, 0.6) is 11.5 Å². The fourth-order valence-electron chi connectivity index (χ4n) is 2.53. The van der Waals surface area contributed by atoms with E-state index in [9.17, 15) is 5.11 Å². The molecule has 0 bridgehead atoms. The van der Waals surface area contributed by atoms with Crippen LogP contribution < -0.4 is 14.8 Å². The highest BCUT2D eigenvalue weighted by molar-refractivity contribution is 5.50. The van der Waals surface area contributed by atoms with Gasteiger partial charge in [-0.3, -0.25) is 0 Å². The average Bonchev–Trinajstić information content (AvgIpc) is 2.75. The van der Waals surface area contributed by atoms with Gasteiger partial charge >= 0.3 is 0 Å². The highest BCUT2D eigenvalue weighted by atomic mass is 16.5. The van der Waals surface area contributed by atoms with E-state index in [1.165, 1.54) is 5.56 Å². The number of hydrogen-bond donors (Lipinski definition) is 2. The first-order chi connectivity index (χ1) is 9.19. The van der Waals surface area contributed by atoms with Crippen LogP contribution in [0.4, 0.5) is 0 Å². The molecular weight excluding hydrogens is 242 g/mol. The number of hydrogen-bond acceptors (Lipinski definition) is 4. The lowest BCUT2D eigenvalue weighted by atomic mass is 10.0. The third-order valence-corrected chi connectivity index (χ3v) is 3.34. The smallest absolute Gasteiger partial charge is 0.124 e. The van der Waals surface area contributed by atoms with Crippen molar-refractivity contribution in [3.63, 3.8) is 0 Å². The molecule has 0 aliphatic carbocycles. The van der Waals surface area contributed by atoms with Crippen molar-refractivity contribution >= 4 is 0 Å². The van der Waals surface area contributed by atoms with Gasteiger partial charge in [-0.25, -0.2) is 0 Å². The van der Waals surface area contributed by atoms with Crippen LogP contribution in [0, 0.1) is 0 Å². The van der Waals surface area contributed by atoms with Crippen molar-refractivity contribution in [2.75, 3.05) is 19.8 Å². The van der Waals surface area contributed by atoms with E-state index in [1.807, 2.05) is 19.9 Å². The summed E-state index contributed by atoms with van der Waals surface area (Å²) in [5.41, 5.74) is 2.16. The van der Waals surface area contributed by atoms with Crippen LogP contribution in [-0.4, -0.2) is 31.0 Å². The summed E-state index contributed by atoms with van der Waals surface area (Å²) in [5, 5.41) is 12.8. The van der Waals surface area contributed by atoms with Gasteiger partial charge < -0.3 is 19.9 Å². The van der Waals surface area contributed by atoms with Crippen LogP contribution in [0.2, 0.25) is 0 Å². The Hall–Kier alpha value is -1.26. The summed E-state index contributed by atoms with van der Waals surface area (Å²) in [6.45, 7) is 7.51. The van der Waals surface area contributed by atoms with Crippen LogP contribution in [0.25, 0.3) is 0 Å². The topological polar surface area (TPSA) is 50.7 Å². The number of ether oxygens (including phenoxy) is 2. The lowest BCUT2D eigenvalue weighted by Crippen LogP contribution is -2.24. The van der Waals surface area contributed by atoms with Crippen LogP contribution in [0.3, 0.4) is 0 Å². The van der Waals surface area contributed by atoms with Gasteiger partial charge in [0.05, 0.1) is 19.3 Å². The monoisotopic (exact) mass is 265 g/mol. The molecule has 1 aromatic carbocycles. The number of nitrogens with one attached hydrogen (secondary N) is 1. The van der Waals surface area contributed by atoms with E-state index in [0.717, 1.165) is 30.0 Å². The largest absolute Gasteiger partial charge is 0.494 e. The molecule has 0 saturated carbocycles. The number of rotatable bonds is 6. The van der Waals surface area contributed by atoms with E-state index >= 15 is 0 Å². The molecule has 1 aromatic rings. The Labute approximate surface area is 114 Å². The minimum Gasteiger partial charge on any atom is -0.494 e. The van der Waals surface area contributed by atoms with Gasteiger partial charge in [-0.1, -0.05) is 6.92 Å². The van der Waals surface area contributed by atoms with E-state index in [1.54, 1.807) is 0 Å². The second kappa shape index (κ2) is 6.26. The molecule has 1 aliphatic rings. The molecule has 0 radical (unpaired) electrons. The third kappa shape index (κ3) is 3.01. The molecular formula is C15H23NO3. The molecule has 0 saturated heterocycles. The highest BCUT2D eigenvalue weighted by Crippen LogP contribution is 2.37. The predicted octanol–water partition coefficient (Wildman–Crippen LogP) is 2.05. The predicted molar refractivity (Wildman–Crippen MR) is 74.9 cm³/mol. The number of likely N-dealkylation sites (N-methyl/N-ethyl adjacent to an activating group) is 1. The molecule has 0 spiro atoms. The Morgan fingerprint density at radius 2 is 2.26 bits per heavy atom. The molecule has 2 rings (SSSR count). The van der Waals surface area contributed by atoms with Crippen LogP contribution in [0.15, 0.2) is 12.1 Å². The van der Waals surface area contributed by atoms with Gasteiger partial charge in [-0.2, -0.15) is 0 Å². The summed E-state index contributed by atoms with van der Waals surface area (Å²) >= 11 is 0. The van der Waals surface area contributed by atoms with Gasteiger partial charge in [-0.15, -0.1) is 0 Å².